The molecule has 1 aliphatic rings. The molecule has 1 aromatic carbocycles. The summed E-state index contributed by atoms with van der Waals surface area (Å²) in [6.45, 7) is 9.73. The molecule has 1 fully saturated rings. The summed E-state index contributed by atoms with van der Waals surface area (Å²) < 4.78 is 29.1. The lowest BCUT2D eigenvalue weighted by Gasteiger charge is -2.23. The van der Waals surface area contributed by atoms with Crippen molar-refractivity contribution >= 4 is 27.0 Å². The lowest BCUT2D eigenvalue weighted by atomic mass is 10.1. The molecule has 0 spiro atoms. The molecule has 172 valence electrons. The fourth-order valence-electron chi connectivity index (χ4n) is 3.98. The van der Waals surface area contributed by atoms with Gasteiger partial charge in [0.25, 0.3) is 0 Å². The van der Waals surface area contributed by atoms with E-state index in [0.29, 0.717) is 43.4 Å². The van der Waals surface area contributed by atoms with Gasteiger partial charge in [-0.2, -0.15) is 4.31 Å². The third-order valence-electron chi connectivity index (χ3n) is 6.11. The van der Waals surface area contributed by atoms with Gasteiger partial charge in [0.2, 0.25) is 15.9 Å². The third-order valence-corrected chi connectivity index (χ3v) is 8.15. The van der Waals surface area contributed by atoms with Gasteiger partial charge in [0.15, 0.2) is 0 Å². The first-order valence-electron chi connectivity index (χ1n) is 11.4. The van der Waals surface area contributed by atoms with Crippen LogP contribution in [-0.4, -0.2) is 58.8 Å². The second-order valence-corrected chi connectivity index (χ2v) is 10.8. The Morgan fingerprint density at radius 1 is 1.23 bits per heavy atom. The van der Waals surface area contributed by atoms with Gasteiger partial charge < -0.3 is 9.47 Å². The molecule has 2 aromatic rings. The quantitative estimate of drug-likeness (QED) is 0.527. The minimum Gasteiger partial charge on any atom is -0.340 e. The van der Waals surface area contributed by atoms with Gasteiger partial charge in [-0.15, -0.1) is 0 Å². The highest BCUT2D eigenvalue weighted by molar-refractivity contribution is 7.89. The topological polar surface area (TPSA) is 75.5 Å². The van der Waals surface area contributed by atoms with Crippen molar-refractivity contribution in [1.82, 2.24) is 18.8 Å². The standard InChI is InChI=1S/C23H36N4O3S/c1-6-26(7-2)31(29,30)19-10-11-21-20(16-19)24-22(25(21)5)12-13-23(28)27(18-8-9-18)15-14-17(3)4/h10-11,16-18H,6-9,12-15H2,1-5H3. The van der Waals surface area contributed by atoms with Crippen molar-refractivity contribution in [3.8, 4) is 0 Å². The molecule has 0 radical (unpaired) electrons. The van der Waals surface area contributed by atoms with E-state index in [-0.39, 0.29) is 10.8 Å². The Morgan fingerprint density at radius 2 is 1.90 bits per heavy atom. The van der Waals surface area contributed by atoms with Crippen molar-refractivity contribution in [2.75, 3.05) is 19.6 Å². The van der Waals surface area contributed by atoms with Crippen LogP contribution in [0.3, 0.4) is 0 Å². The molecule has 1 heterocycles. The first-order valence-corrected chi connectivity index (χ1v) is 12.9. The van der Waals surface area contributed by atoms with E-state index in [2.05, 4.69) is 23.7 Å². The Bertz CT molecular complexity index is 1020. The molecule has 0 unspecified atom stereocenters. The van der Waals surface area contributed by atoms with Gasteiger partial charge in [0.05, 0.1) is 15.9 Å². The van der Waals surface area contributed by atoms with Gasteiger partial charge in [-0.1, -0.05) is 27.7 Å². The summed E-state index contributed by atoms with van der Waals surface area (Å²) >= 11 is 0. The van der Waals surface area contributed by atoms with E-state index >= 15 is 0 Å². The van der Waals surface area contributed by atoms with E-state index in [1.54, 1.807) is 12.1 Å². The zero-order valence-corrected chi connectivity index (χ0v) is 20.3. The molecule has 0 aliphatic heterocycles. The summed E-state index contributed by atoms with van der Waals surface area (Å²) in [4.78, 5) is 19.9. The Balaban J connectivity index is 1.76. The van der Waals surface area contributed by atoms with Crippen LogP contribution in [0.15, 0.2) is 23.1 Å². The molecule has 0 atom stereocenters. The molecule has 1 saturated carbocycles. The third kappa shape index (κ3) is 5.29. The van der Waals surface area contributed by atoms with E-state index in [4.69, 9.17) is 0 Å². The number of aromatic nitrogens is 2. The summed E-state index contributed by atoms with van der Waals surface area (Å²) in [5.41, 5.74) is 1.52. The Labute approximate surface area is 186 Å². The van der Waals surface area contributed by atoms with Gasteiger partial charge in [-0.05, 0) is 43.4 Å². The van der Waals surface area contributed by atoms with Gasteiger partial charge in [0.1, 0.15) is 5.82 Å². The first kappa shape index (κ1) is 23.7. The predicted molar refractivity (Wildman–Crippen MR) is 123 cm³/mol. The Kier molecular flexibility index (Phi) is 7.42. The molecule has 3 rings (SSSR count). The normalized spacial score (nSPS) is 14.7. The first-order chi connectivity index (χ1) is 14.7. The number of hydrogen-bond acceptors (Lipinski definition) is 4. The molecule has 1 aromatic heterocycles. The van der Waals surface area contributed by atoms with Crippen LogP contribution < -0.4 is 0 Å². The van der Waals surface area contributed by atoms with Crippen LogP contribution in [0.1, 0.15) is 59.2 Å². The van der Waals surface area contributed by atoms with Crippen molar-refractivity contribution in [3.05, 3.63) is 24.0 Å². The van der Waals surface area contributed by atoms with Crippen molar-refractivity contribution in [2.24, 2.45) is 13.0 Å². The number of amides is 1. The number of imidazole rings is 1. The molecule has 8 heteroatoms. The number of rotatable bonds is 11. The fourth-order valence-corrected chi connectivity index (χ4v) is 5.46. The van der Waals surface area contributed by atoms with E-state index in [1.165, 1.54) is 4.31 Å². The van der Waals surface area contributed by atoms with Crippen LogP contribution in [0.2, 0.25) is 0 Å². The molecule has 31 heavy (non-hydrogen) atoms. The number of benzene rings is 1. The highest BCUT2D eigenvalue weighted by Crippen LogP contribution is 2.28. The Hall–Kier alpha value is -1.93. The number of fused-ring (bicyclic) bond motifs is 1. The number of sulfonamides is 1. The van der Waals surface area contributed by atoms with Gasteiger partial charge >= 0.3 is 0 Å². The number of carbonyl (C=O) groups is 1. The predicted octanol–water partition coefficient (Wildman–Crippen LogP) is 3.57. The lowest BCUT2D eigenvalue weighted by molar-refractivity contribution is -0.131. The van der Waals surface area contributed by atoms with Crippen LogP contribution in [0.25, 0.3) is 11.0 Å². The van der Waals surface area contributed by atoms with E-state index in [9.17, 15) is 13.2 Å². The van der Waals surface area contributed by atoms with E-state index in [1.807, 2.05) is 31.5 Å². The molecule has 0 saturated heterocycles. The average Bonchev–Trinajstić information content (AvgIpc) is 3.51. The average molecular weight is 449 g/mol. The lowest BCUT2D eigenvalue weighted by Crippen LogP contribution is -2.34. The summed E-state index contributed by atoms with van der Waals surface area (Å²) in [6.07, 6.45) is 4.22. The van der Waals surface area contributed by atoms with Crippen LogP contribution in [0.4, 0.5) is 0 Å². The highest BCUT2D eigenvalue weighted by Gasteiger charge is 2.32. The molecular weight excluding hydrogens is 412 g/mol. The minimum absolute atomic E-state index is 0.194. The van der Waals surface area contributed by atoms with E-state index < -0.39 is 10.0 Å². The number of carbonyl (C=O) groups excluding carboxylic acids is 1. The Morgan fingerprint density at radius 3 is 2.48 bits per heavy atom. The monoisotopic (exact) mass is 448 g/mol. The maximum atomic E-state index is 12.9. The molecule has 0 N–H and O–H groups in total. The summed E-state index contributed by atoms with van der Waals surface area (Å²) in [6, 6.07) is 5.52. The van der Waals surface area contributed by atoms with Crippen LogP contribution in [-0.2, 0) is 28.3 Å². The van der Waals surface area contributed by atoms with Gasteiger partial charge in [0, 0.05) is 45.6 Å². The maximum Gasteiger partial charge on any atom is 0.243 e. The number of nitrogens with zero attached hydrogens (tertiary/aromatic N) is 4. The maximum absolute atomic E-state index is 12.9. The van der Waals surface area contributed by atoms with Gasteiger partial charge in [-0.3, -0.25) is 4.79 Å². The molecule has 0 bridgehead atoms. The van der Waals surface area contributed by atoms with Crippen LogP contribution in [0.5, 0.6) is 0 Å². The molecule has 1 amide bonds. The van der Waals surface area contributed by atoms with Gasteiger partial charge in [-0.25, -0.2) is 13.4 Å². The van der Waals surface area contributed by atoms with Crippen molar-refractivity contribution < 1.29 is 13.2 Å². The number of aryl methyl sites for hydroxylation is 2. The zero-order chi connectivity index (χ0) is 22.8. The SMILES string of the molecule is CCN(CC)S(=O)(=O)c1ccc2c(c1)nc(CCC(=O)N(CCC(C)C)C1CC1)n2C. The molecule has 7 nitrogen and oxygen atoms in total. The second kappa shape index (κ2) is 9.69. The molecule has 1 aliphatic carbocycles. The van der Waals surface area contributed by atoms with Crippen molar-refractivity contribution in [1.29, 1.82) is 0 Å². The summed E-state index contributed by atoms with van der Waals surface area (Å²) in [5, 5.41) is 0. The minimum atomic E-state index is -3.53. The summed E-state index contributed by atoms with van der Waals surface area (Å²) in [5.74, 6) is 1.58. The summed E-state index contributed by atoms with van der Waals surface area (Å²) in [7, 11) is -1.60. The van der Waals surface area contributed by atoms with Crippen molar-refractivity contribution in [3.63, 3.8) is 0 Å². The second-order valence-electron chi connectivity index (χ2n) is 8.83. The smallest absolute Gasteiger partial charge is 0.243 e. The largest absolute Gasteiger partial charge is 0.340 e. The molecular formula is C23H36N4O3S. The van der Waals surface area contributed by atoms with Crippen LogP contribution in [0, 0.1) is 5.92 Å². The number of hydrogen-bond donors (Lipinski definition) is 0. The fraction of sp³-hybridized carbons (Fsp3) is 0.652. The van der Waals surface area contributed by atoms with Crippen molar-refractivity contribution in [2.45, 2.75) is 70.7 Å². The zero-order valence-electron chi connectivity index (χ0n) is 19.5. The van der Waals surface area contributed by atoms with E-state index in [0.717, 1.165) is 37.1 Å². The van der Waals surface area contributed by atoms with Crippen LogP contribution >= 0.6 is 0 Å². The highest BCUT2D eigenvalue weighted by atomic mass is 32.2.